The third kappa shape index (κ3) is 3.86. The fourth-order valence-electron chi connectivity index (χ4n) is 4.37. The molecule has 0 radical (unpaired) electrons. The first-order chi connectivity index (χ1) is 12.7. The van der Waals surface area contributed by atoms with Gasteiger partial charge in [-0.3, -0.25) is 4.98 Å². The zero-order chi connectivity index (χ0) is 17.9. The molecule has 0 atom stereocenters. The van der Waals surface area contributed by atoms with E-state index in [1.807, 2.05) is 0 Å². The average Bonchev–Trinajstić information content (AvgIpc) is 2.60. The molecule has 0 bridgehead atoms. The van der Waals surface area contributed by atoms with E-state index >= 15 is 0 Å². The van der Waals surface area contributed by atoms with E-state index in [0.29, 0.717) is 0 Å². The Kier molecular flexibility index (Phi) is 5.40. The first-order valence-corrected chi connectivity index (χ1v) is 10.5. The lowest BCUT2D eigenvalue weighted by atomic mass is 9.90. The number of rotatable bonds is 2. The summed E-state index contributed by atoms with van der Waals surface area (Å²) in [5.41, 5.74) is 8.10. The van der Waals surface area contributed by atoms with Crippen molar-refractivity contribution in [3.8, 4) is 11.3 Å². The van der Waals surface area contributed by atoms with Gasteiger partial charge in [0.05, 0.1) is 5.69 Å². The van der Waals surface area contributed by atoms with Crippen LogP contribution in [0.15, 0.2) is 30.5 Å². The van der Waals surface area contributed by atoms with Crippen LogP contribution in [0.5, 0.6) is 0 Å². The molecule has 2 nitrogen and oxygen atoms in total. The molecule has 2 heteroatoms. The molecule has 1 saturated carbocycles. The van der Waals surface area contributed by atoms with E-state index in [1.165, 1.54) is 92.3 Å². The van der Waals surface area contributed by atoms with Crippen molar-refractivity contribution < 1.29 is 0 Å². The quantitative estimate of drug-likeness (QED) is 0.713. The largest absolute Gasteiger partial charge is 0.300 e. The van der Waals surface area contributed by atoms with E-state index < -0.39 is 0 Å². The Hall–Kier alpha value is -1.67. The Morgan fingerprint density at radius 2 is 1.65 bits per heavy atom. The summed E-state index contributed by atoms with van der Waals surface area (Å²) >= 11 is 0. The average molecular weight is 349 g/mol. The lowest BCUT2D eigenvalue weighted by Crippen LogP contribution is -2.41. The molecule has 0 N–H and O–H groups in total. The summed E-state index contributed by atoms with van der Waals surface area (Å²) in [4.78, 5) is 7.59. The number of hydrogen-bond donors (Lipinski definition) is 0. The number of aromatic nitrogens is 1. The van der Waals surface area contributed by atoms with Gasteiger partial charge in [-0.15, -0.1) is 0 Å². The van der Waals surface area contributed by atoms with Crippen LogP contribution in [0.25, 0.3) is 11.3 Å². The normalized spacial score (nSPS) is 19.6. The molecule has 1 aliphatic carbocycles. The minimum absolute atomic E-state index is 0.887. The van der Waals surface area contributed by atoms with Crippen molar-refractivity contribution in [1.82, 2.24) is 9.88 Å². The SMILES string of the molecule is Cc1ccc(-c2cc3c(cn2)CCCCN(C2CCC2)CCC3)cc1C. The third-order valence-corrected chi connectivity index (χ3v) is 6.51. The smallest absolute Gasteiger partial charge is 0.0705 e. The summed E-state index contributed by atoms with van der Waals surface area (Å²) in [6.45, 7) is 6.93. The van der Waals surface area contributed by atoms with Crippen LogP contribution in [-0.4, -0.2) is 29.0 Å². The van der Waals surface area contributed by atoms with Gasteiger partial charge in [0.1, 0.15) is 0 Å². The van der Waals surface area contributed by atoms with Gasteiger partial charge in [-0.25, -0.2) is 0 Å². The highest BCUT2D eigenvalue weighted by atomic mass is 15.2. The van der Waals surface area contributed by atoms with Crippen molar-refractivity contribution in [2.45, 2.75) is 71.3 Å². The van der Waals surface area contributed by atoms with Crippen LogP contribution in [0, 0.1) is 13.8 Å². The van der Waals surface area contributed by atoms with Crippen LogP contribution in [-0.2, 0) is 12.8 Å². The molecule has 0 spiro atoms. The van der Waals surface area contributed by atoms with Gasteiger partial charge in [-0.2, -0.15) is 0 Å². The van der Waals surface area contributed by atoms with Crippen LogP contribution < -0.4 is 0 Å². The van der Waals surface area contributed by atoms with Gasteiger partial charge in [-0.1, -0.05) is 18.6 Å². The van der Waals surface area contributed by atoms with Crippen molar-refractivity contribution >= 4 is 0 Å². The van der Waals surface area contributed by atoms with Crippen molar-refractivity contribution in [3.05, 3.63) is 52.7 Å². The van der Waals surface area contributed by atoms with Gasteiger partial charge in [0.25, 0.3) is 0 Å². The number of hydrogen-bond acceptors (Lipinski definition) is 2. The van der Waals surface area contributed by atoms with Crippen LogP contribution >= 0.6 is 0 Å². The summed E-state index contributed by atoms with van der Waals surface area (Å²) in [5, 5.41) is 0. The molecule has 1 aliphatic heterocycles. The first-order valence-electron chi connectivity index (χ1n) is 10.5. The highest BCUT2D eigenvalue weighted by Crippen LogP contribution is 2.28. The van der Waals surface area contributed by atoms with Crippen LogP contribution in [0.2, 0.25) is 0 Å². The summed E-state index contributed by atoms with van der Waals surface area (Å²) in [6.07, 6.45) is 12.7. The van der Waals surface area contributed by atoms with E-state index in [0.717, 1.165) is 11.7 Å². The predicted octanol–water partition coefficient (Wildman–Crippen LogP) is 5.49. The molecular weight excluding hydrogens is 316 g/mol. The fraction of sp³-hybridized carbons (Fsp3) is 0.542. The van der Waals surface area contributed by atoms with Crippen LogP contribution in [0.3, 0.4) is 0 Å². The van der Waals surface area contributed by atoms with Gasteiger partial charge in [0.2, 0.25) is 0 Å². The molecule has 138 valence electrons. The van der Waals surface area contributed by atoms with Gasteiger partial charge in [-0.05, 0) is 106 Å². The predicted molar refractivity (Wildman–Crippen MR) is 110 cm³/mol. The third-order valence-electron chi connectivity index (χ3n) is 6.51. The van der Waals surface area contributed by atoms with Crippen LogP contribution in [0.1, 0.15) is 60.8 Å². The Morgan fingerprint density at radius 3 is 2.42 bits per heavy atom. The summed E-state index contributed by atoms with van der Waals surface area (Å²) in [7, 11) is 0. The van der Waals surface area contributed by atoms with E-state index in [2.05, 4.69) is 49.2 Å². The van der Waals surface area contributed by atoms with Crippen molar-refractivity contribution in [2.75, 3.05) is 13.1 Å². The standard InChI is InChI=1S/C24H32N2/c1-18-11-12-21(15-19(18)2)24-16-20-8-6-14-26(23-9-5-10-23)13-4-3-7-22(20)17-25-24/h11-12,15-17,23H,3-10,13-14H2,1-2H3. The molecule has 0 amide bonds. The maximum atomic E-state index is 4.81. The molecule has 4 rings (SSSR count). The molecule has 0 saturated heterocycles. The Labute approximate surface area is 158 Å². The molecule has 2 heterocycles. The lowest BCUT2D eigenvalue weighted by Gasteiger charge is -2.38. The summed E-state index contributed by atoms with van der Waals surface area (Å²) < 4.78 is 0. The lowest BCUT2D eigenvalue weighted by molar-refractivity contribution is 0.123. The molecule has 2 aromatic rings. The molecule has 1 aromatic carbocycles. The minimum Gasteiger partial charge on any atom is -0.300 e. The second-order valence-corrected chi connectivity index (χ2v) is 8.32. The number of aryl methyl sites for hydroxylation is 4. The monoisotopic (exact) mass is 348 g/mol. The zero-order valence-corrected chi connectivity index (χ0v) is 16.4. The van der Waals surface area contributed by atoms with Gasteiger partial charge < -0.3 is 4.90 Å². The van der Waals surface area contributed by atoms with Gasteiger partial charge in [0.15, 0.2) is 0 Å². The second kappa shape index (κ2) is 7.92. The maximum absolute atomic E-state index is 4.81. The summed E-state index contributed by atoms with van der Waals surface area (Å²) in [5.74, 6) is 0. The van der Waals surface area contributed by atoms with E-state index in [9.17, 15) is 0 Å². The number of pyridine rings is 1. The fourth-order valence-corrected chi connectivity index (χ4v) is 4.37. The second-order valence-electron chi connectivity index (χ2n) is 8.32. The molecule has 26 heavy (non-hydrogen) atoms. The van der Waals surface area contributed by atoms with Gasteiger partial charge >= 0.3 is 0 Å². The van der Waals surface area contributed by atoms with E-state index in [-0.39, 0.29) is 0 Å². The summed E-state index contributed by atoms with van der Waals surface area (Å²) in [6, 6.07) is 9.97. The Balaban J connectivity index is 1.54. The molecule has 1 fully saturated rings. The van der Waals surface area contributed by atoms with E-state index in [1.54, 1.807) is 0 Å². The minimum atomic E-state index is 0.887. The molecule has 0 unspecified atom stereocenters. The number of fused-ring (bicyclic) bond motifs is 1. The topological polar surface area (TPSA) is 16.1 Å². The van der Waals surface area contributed by atoms with Crippen molar-refractivity contribution in [1.29, 1.82) is 0 Å². The van der Waals surface area contributed by atoms with E-state index in [4.69, 9.17) is 4.98 Å². The van der Waals surface area contributed by atoms with Gasteiger partial charge in [0, 0.05) is 17.8 Å². The first kappa shape index (κ1) is 17.7. The maximum Gasteiger partial charge on any atom is 0.0705 e. The Bertz CT molecular complexity index is 761. The highest BCUT2D eigenvalue weighted by Gasteiger charge is 2.24. The van der Waals surface area contributed by atoms with Crippen LogP contribution in [0.4, 0.5) is 0 Å². The molecular formula is C24H32N2. The van der Waals surface area contributed by atoms with Crippen molar-refractivity contribution in [2.24, 2.45) is 0 Å². The number of nitrogens with zero attached hydrogens (tertiary/aromatic N) is 2. The molecule has 1 aromatic heterocycles. The number of benzene rings is 1. The zero-order valence-electron chi connectivity index (χ0n) is 16.4. The molecule has 2 aliphatic rings. The highest BCUT2D eigenvalue weighted by molar-refractivity contribution is 5.62. The Morgan fingerprint density at radius 1 is 0.846 bits per heavy atom. The van der Waals surface area contributed by atoms with Crippen molar-refractivity contribution in [3.63, 3.8) is 0 Å².